The lowest BCUT2D eigenvalue weighted by Gasteiger charge is -2.17. The molecule has 0 unspecified atom stereocenters. The average Bonchev–Trinajstić information content (AvgIpc) is 2.73. The molecule has 1 atom stereocenters. The first-order valence-electron chi connectivity index (χ1n) is 5.45. The van der Waals surface area contributed by atoms with Gasteiger partial charge in [0.2, 0.25) is 0 Å². The van der Waals surface area contributed by atoms with Crippen molar-refractivity contribution in [3.05, 3.63) is 16.3 Å². The Balaban J connectivity index is 2.90. The molecule has 1 rings (SSSR count). The zero-order valence-corrected chi connectivity index (χ0v) is 12.3. The number of sulfone groups is 1. The third-order valence-electron chi connectivity index (χ3n) is 2.45. The average molecular weight is 305 g/mol. The van der Waals surface area contributed by atoms with Crippen molar-refractivity contribution in [2.75, 3.05) is 6.26 Å². The van der Waals surface area contributed by atoms with Crippen LogP contribution in [0.2, 0.25) is 0 Å². The molecule has 0 aliphatic rings. The number of rotatable bonds is 5. The number of carboxylic acids is 1. The molecule has 0 radical (unpaired) electrons. The molecule has 1 aromatic heterocycles. The molecule has 0 saturated carbocycles. The van der Waals surface area contributed by atoms with Crippen LogP contribution >= 0.6 is 11.3 Å². The van der Waals surface area contributed by atoms with Crippen LogP contribution < -0.4 is 5.32 Å². The van der Waals surface area contributed by atoms with Crippen LogP contribution in [0, 0.1) is 5.92 Å². The van der Waals surface area contributed by atoms with Crippen molar-refractivity contribution in [2.45, 2.75) is 24.8 Å². The molecule has 6 nitrogen and oxygen atoms in total. The minimum absolute atomic E-state index is 0.0547. The van der Waals surface area contributed by atoms with E-state index in [-0.39, 0.29) is 15.7 Å². The zero-order chi connectivity index (χ0) is 14.8. The highest BCUT2D eigenvalue weighted by Gasteiger charge is 2.25. The summed E-state index contributed by atoms with van der Waals surface area (Å²) in [5.74, 6) is -1.97. The van der Waals surface area contributed by atoms with Crippen LogP contribution in [0.3, 0.4) is 0 Å². The predicted molar refractivity (Wildman–Crippen MR) is 71.2 cm³/mol. The van der Waals surface area contributed by atoms with Crippen LogP contribution in [-0.4, -0.2) is 37.7 Å². The molecule has 1 amide bonds. The molecule has 0 aromatic carbocycles. The molecule has 1 heterocycles. The first kappa shape index (κ1) is 15.6. The van der Waals surface area contributed by atoms with Crippen molar-refractivity contribution in [1.82, 2.24) is 5.32 Å². The highest BCUT2D eigenvalue weighted by molar-refractivity contribution is 7.90. The van der Waals surface area contributed by atoms with Gasteiger partial charge in [-0.1, -0.05) is 13.8 Å². The second kappa shape index (κ2) is 5.70. The predicted octanol–water partition coefficient (Wildman–Crippen LogP) is 0.991. The van der Waals surface area contributed by atoms with Gasteiger partial charge in [0.15, 0.2) is 9.84 Å². The standard InChI is InChI=1S/C11H15NO5S2/c1-6(2)9(11(14)15)12-10(13)8-4-7(5-18-8)19(3,16)17/h4-6,9H,1-3H3,(H,12,13)(H,14,15)/t9-/m1/s1. The molecule has 106 valence electrons. The first-order chi connectivity index (χ1) is 8.62. The molecule has 0 fully saturated rings. The lowest BCUT2D eigenvalue weighted by Crippen LogP contribution is -2.44. The number of hydrogen-bond acceptors (Lipinski definition) is 5. The summed E-state index contributed by atoms with van der Waals surface area (Å²) in [5, 5.41) is 12.7. The van der Waals surface area contributed by atoms with E-state index in [1.54, 1.807) is 13.8 Å². The number of hydrogen-bond donors (Lipinski definition) is 2. The van der Waals surface area contributed by atoms with Crippen molar-refractivity contribution in [1.29, 1.82) is 0 Å². The first-order valence-corrected chi connectivity index (χ1v) is 8.22. The number of carbonyl (C=O) groups excluding carboxylic acids is 1. The zero-order valence-electron chi connectivity index (χ0n) is 10.7. The highest BCUT2D eigenvalue weighted by Crippen LogP contribution is 2.19. The summed E-state index contributed by atoms with van der Waals surface area (Å²) >= 11 is 0.966. The molecule has 19 heavy (non-hydrogen) atoms. The van der Waals surface area contributed by atoms with Crippen LogP contribution in [0.15, 0.2) is 16.3 Å². The van der Waals surface area contributed by atoms with E-state index in [4.69, 9.17) is 5.11 Å². The largest absolute Gasteiger partial charge is 0.480 e. The Hall–Kier alpha value is -1.41. The molecule has 0 bridgehead atoms. The Kier molecular flexibility index (Phi) is 4.70. The summed E-state index contributed by atoms with van der Waals surface area (Å²) in [6.45, 7) is 3.35. The van der Waals surface area contributed by atoms with E-state index >= 15 is 0 Å². The monoisotopic (exact) mass is 305 g/mol. The minimum atomic E-state index is -3.36. The number of aliphatic carboxylic acids is 1. The fourth-order valence-corrected chi connectivity index (χ4v) is 3.28. The summed E-state index contributed by atoms with van der Waals surface area (Å²) in [6, 6.07) is 0.241. The molecule has 0 aliphatic carbocycles. The maximum absolute atomic E-state index is 11.8. The molecule has 1 aromatic rings. The van der Waals surface area contributed by atoms with Gasteiger partial charge in [-0.2, -0.15) is 0 Å². The van der Waals surface area contributed by atoms with Gasteiger partial charge in [0.05, 0.1) is 9.77 Å². The number of carboxylic acid groups (broad SMARTS) is 1. The van der Waals surface area contributed by atoms with Gasteiger partial charge >= 0.3 is 5.97 Å². The van der Waals surface area contributed by atoms with Gasteiger partial charge in [-0.3, -0.25) is 4.79 Å². The number of amides is 1. The smallest absolute Gasteiger partial charge is 0.326 e. The minimum Gasteiger partial charge on any atom is -0.480 e. The Labute approximate surface area is 115 Å². The van der Waals surface area contributed by atoms with E-state index in [0.717, 1.165) is 17.6 Å². The van der Waals surface area contributed by atoms with Crippen molar-refractivity contribution in [3.63, 3.8) is 0 Å². The van der Waals surface area contributed by atoms with Gasteiger partial charge in [0, 0.05) is 11.6 Å². The topological polar surface area (TPSA) is 101 Å². The maximum atomic E-state index is 11.8. The summed E-state index contributed by atoms with van der Waals surface area (Å²) in [7, 11) is -3.36. The lowest BCUT2D eigenvalue weighted by molar-refractivity contribution is -0.140. The lowest BCUT2D eigenvalue weighted by atomic mass is 10.0. The Morgan fingerprint density at radius 2 is 1.95 bits per heavy atom. The fourth-order valence-electron chi connectivity index (χ4n) is 1.36. The van der Waals surface area contributed by atoms with Crippen molar-refractivity contribution >= 4 is 33.1 Å². The normalized spacial score (nSPS) is 13.3. The second-order valence-corrected chi connectivity index (χ2v) is 7.38. The summed E-state index contributed by atoms with van der Waals surface area (Å²) in [5.41, 5.74) is 0. The van der Waals surface area contributed by atoms with Gasteiger partial charge in [0.1, 0.15) is 6.04 Å². The fraction of sp³-hybridized carbons (Fsp3) is 0.455. The third kappa shape index (κ3) is 4.03. The van der Waals surface area contributed by atoms with Crippen LogP contribution in [0.1, 0.15) is 23.5 Å². The molecule has 2 N–H and O–H groups in total. The summed E-state index contributed by atoms with van der Waals surface area (Å²) < 4.78 is 22.6. The number of carbonyl (C=O) groups is 2. The SMILES string of the molecule is CC(C)[C@@H](NC(=O)c1cc(S(C)(=O)=O)cs1)C(=O)O. The summed E-state index contributed by atoms with van der Waals surface area (Å²) in [4.78, 5) is 23.0. The van der Waals surface area contributed by atoms with Crippen LogP contribution in [0.25, 0.3) is 0 Å². The Morgan fingerprint density at radius 3 is 2.32 bits per heavy atom. The van der Waals surface area contributed by atoms with Gasteiger partial charge < -0.3 is 10.4 Å². The quantitative estimate of drug-likeness (QED) is 0.845. The molecule has 0 saturated heterocycles. The van der Waals surface area contributed by atoms with Crippen LogP contribution in [0.4, 0.5) is 0 Å². The van der Waals surface area contributed by atoms with E-state index in [1.807, 2.05) is 0 Å². The van der Waals surface area contributed by atoms with E-state index in [9.17, 15) is 18.0 Å². The van der Waals surface area contributed by atoms with Crippen molar-refractivity contribution in [3.8, 4) is 0 Å². The molecule has 0 aliphatic heterocycles. The maximum Gasteiger partial charge on any atom is 0.326 e. The van der Waals surface area contributed by atoms with Gasteiger partial charge in [0.25, 0.3) is 5.91 Å². The molecular formula is C11H15NO5S2. The summed E-state index contributed by atoms with van der Waals surface area (Å²) in [6.07, 6.45) is 1.05. The molecular weight excluding hydrogens is 290 g/mol. The van der Waals surface area contributed by atoms with Crippen LogP contribution in [0.5, 0.6) is 0 Å². The Morgan fingerprint density at radius 1 is 1.37 bits per heavy atom. The van der Waals surface area contributed by atoms with E-state index in [0.29, 0.717) is 0 Å². The third-order valence-corrected chi connectivity index (χ3v) is 4.62. The van der Waals surface area contributed by atoms with Crippen molar-refractivity contribution in [2.24, 2.45) is 5.92 Å². The number of nitrogens with one attached hydrogen (secondary N) is 1. The second-order valence-electron chi connectivity index (χ2n) is 4.45. The van der Waals surface area contributed by atoms with E-state index in [1.165, 1.54) is 11.4 Å². The van der Waals surface area contributed by atoms with Gasteiger partial charge in [-0.05, 0) is 12.0 Å². The highest BCUT2D eigenvalue weighted by atomic mass is 32.2. The van der Waals surface area contributed by atoms with E-state index < -0.39 is 27.8 Å². The molecule has 8 heteroatoms. The van der Waals surface area contributed by atoms with Crippen molar-refractivity contribution < 1.29 is 23.1 Å². The van der Waals surface area contributed by atoms with Crippen LogP contribution in [-0.2, 0) is 14.6 Å². The molecule has 0 spiro atoms. The Bertz CT molecular complexity index is 588. The van der Waals surface area contributed by atoms with E-state index in [2.05, 4.69) is 5.32 Å². The van der Waals surface area contributed by atoms with Gasteiger partial charge in [-0.15, -0.1) is 11.3 Å². The van der Waals surface area contributed by atoms with Gasteiger partial charge in [-0.25, -0.2) is 13.2 Å². The number of thiophene rings is 1.